The fourth-order valence-electron chi connectivity index (χ4n) is 1.59. The molecule has 98 valence electrons. The van der Waals surface area contributed by atoms with Crippen LogP contribution in [-0.4, -0.2) is 0 Å². The van der Waals surface area contributed by atoms with Gasteiger partial charge in [0.25, 0.3) is 0 Å². The van der Waals surface area contributed by atoms with Crippen LogP contribution in [0.5, 0.6) is 5.75 Å². The molecule has 19 heavy (non-hydrogen) atoms. The molecule has 1 atom stereocenters. The van der Waals surface area contributed by atoms with Crippen molar-refractivity contribution in [2.75, 3.05) is 0 Å². The van der Waals surface area contributed by atoms with E-state index in [1.807, 2.05) is 60.7 Å². The van der Waals surface area contributed by atoms with Gasteiger partial charge in [-0.3, -0.25) is 0 Å². The van der Waals surface area contributed by atoms with Crippen LogP contribution >= 0.6 is 12.4 Å². The van der Waals surface area contributed by atoms with Crippen molar-refractivity contribution in [3.05, 3.63) is 65.7 Å². The van der Waals surface area contributed by atoms with Crippen LogP contribution in [-0.2, 0) is 6.61 Å². The number of nitrogens with zero attached hydrogens (tertiary/aromatic N) is 1. The predicted molar refractivity (Wildman–Crippen MR) is 77.0 cm³/mol. The Morgan fingerprint density at radius 1 is 1.05 bits per heavy atom. The quantitative estimate of drug-likeness (QED) is 0.931. The topological polar surface area (TPSA) is 59.0 Å². The van der Waals surface area contributed by atoms with Gasteiger partial charge in [-0.05, 0) is 23.3 Å². The number of hydrogen-bond acceptors (Lipinski definition) is 3. The maximum absolute atomic E-state index is 8.70. The molecule has 1 unspecified atom stereocenters. The molecule has 0 aromatic heterocycles. The lowest BCUT2D eigenvalue weighted by Gasteiger charge is -2.08. The number of halogens is 1. The van der Waals surface area contributed by atoms with Crippen LogP contribution in [0.25, 0.3) is 0 Å². The van der Waals surface area contributed by atoms with E-state index in [9.17, 15) is 0 Å². The smallest absolute Gasteiger partial charge is 0.119 e. The van der Waals surface area contributed by atoms with Crippen molar-refractivity contribution in [3.8, 4) is 11.8 Å². The van der Waals surface area contributed by atoms with Crippen molar-refractivity contribution in [1.82, 2.24) is 0 Å². The first-order valence-corrected chi connectivity index (χ1v) is 5.71. The normalized spacial score (nSPS) is 10.9. The standard InChI is InChI=1S/C15H14N2O.ClH/c16-10-15(17)13-6-8-14(9-7-13)18-11-12-4-2-1-3-5-12;/h1-9,15H,11,17H2;1H. The Morgan fingerprint density at radius 2 is 1.68 bits per heavy atom. The lowest BCUT2D eigenvalue weighted by molar-refractivity contribution is 0.306. The summed E-state index contributed by atoms with van der Waals surface area (Å²) in [5, 5.41) is 8.70. The molecule has 2 aromatic carbocycles. The van der Waals surface area contributed by atoms with Crippen LogP contribution in [0.15, 0.2) is 54.6 Å². The fourth-order valence-corrected chi connectivity index (χ4v) is 1.59. The second-order valence-electron chi connectivity index (χ2n) is 3.95. The van der Waals surface area contributed by atoms with E-state index >= 15 is 0 Å². The van der Waals surface area contributed by atoms with Gasteiger partial charge < -0.3 is 10.5 Å². The zero-order valence-electron chi connectivity index (χ0n) is 10.3. The van der Waals surface area contributed by atoms with Gasteiger partial charge in [0.05, 0.1) is 6.07 Å². The van der Waals surface area contributed by atoms with Gasteiger partial charge in [-0.25, -0.2) is 0 Å². The second-order valence-corrected chi connectivity index (χ2v) is 3.95. The van der Waals surface area contributed by atoms with Gasteiger partial charge in [0, 0.05) is 0 Å². The average molecular weight is 275 g/mol. The molecule has 0 saturated carbocycles. The molecule has 0 spiro atoms. The summed E-state index contributed by atoms with van der Waals surface area (Å²) in [4.78, 5) is 0. The maximum Gasteiger partial charge on any atom is 0.119 e. The molecule has 3 nitrogen and oxygen atoms in total. The molecular weight excluding hydrogens is 260 g/mol. The number of nitriles is 1. The second kappa shape index (κ2) is 7.42. The average Bonchev–Trinajstić information content (AvgIpc) is 2.46. The predicted octanol–water partition coefficient (Wildman–Crippen LogP) is 3.21. The van der Waals surface area contributed by atoms with Gasteiger partial charge in [-0.2, -0.15) is 5.26 Å². The fraction of sp³-hybridized carbons (Fsp3) is 0.133. The SMILES string of the molecule is Cl.N#CC(N)c1ccc(OCc2ccccc2)cc1. The lowest BCUT2D eigenvalue weighted by atomic mass is 10.1. The molecule has 0 aliphatic rings. The molecule has 0 aliphatic carbocycles. The molecule has 2 rings (SSSR count). The van der Waals surface area contributed by atoms with Gasteiger partial charge in [-0.15, -0.1) is 12.4 Å². The summed E-state index contributed by atoms with van der Waals surface area (Å²) < 4.78 is 5.64. The van der Waals surface area contributed by atoms with E-state index in [0.29, 0.717) is 6.61 Å². The number of rotatable bonds is 4. The van der Waals surface area contributed by atoms with E-state index in [1.165, 1.54) is 0 Å². The summed E-state index contributed by atoms with van der Waals surface area (Å²) in [5.74, 6) is 0.771. The summed E-state index contributed by atoms with van der Waals surface area (Å²) in [6, 6.07) is 18.7. The highest BCUT2D eigenvalue weighted by molar-refractivity contribution is 5.85. The third kappa shape index (κ3) is 4.29. The van der Waals surface area contributed by atoms with E-state index in [1.54, 1.807) is 0 Å². The molecule has 0 heterocycles. The molecule has 2 N–H and O–H groups in total. The molecule has 0 fully saturated rings. The molecule has 2 aromatic rings. The first kappa shape index (κ1) is 15.0. The first-order valence-electron chi connectivity index (χ1n) is 5.71. The Hall–Kier alpha value is -2.02. The zero-order chi connectivity index (χ0) is 12.8. The highest BCUT2D eigenvalue weighted by Gasteiger charge is 2.03. The number of ether oxygens (including phenoxy) is 1. The monoisotopic (exact) mass is 274 g/mol. The maximum atomic E-state index is 8.70. The third-order valence-electron chi connectivity index (χ3n) is 2.63. The van der Waals surface area contributed by atoms with Crippen molar-refractivity contribution in [2.45, 2.75) is 12.6 Å². The van der Waals surface area contributed by atoms with Crippen LogP contribution in [0, 0.1) is 11.3 Å². The van der Waals surface area contributed by atoms with Crippen molar-refractivity contribution in [2.24, 2.45) is 5.73 Å². The summed E-state index contributed by atoms with van der Waals surface area (Å²) in [7, 11) is 0. The summed E-state index contributed by atoms with van der Waals surface area (Å²) in [6.45, 7) is 0.532. The van der Waals surface area contributed by atoms with Crippen molar-refractivity contribution in [1.29, 1.82) is 5.26 Å². The van der Waals surface area contributed by atoms with Crippen molar-refractivity contribution >= 4 is 12.4 Å². The Morgan fingerprint density at radius 3 is 2.26 bits per heavy atom. The summed E-state index contributed by atoms with van der Waals surface area (Å²) in [6.07, 6.45) is 0. The molecule has 0 radical (unpaired) electrons. The van der Waals surface area contributed by atoms with E-state index in [-0.39, 0.29) is 12.4 Å². The highest BCUT2D eigenvalue weighted by Crippen LogP contribution is 2.17. The van der Waals surface area contributed by atoms with Gasteiger partial charge in [0.15, 0.2) is 0 Å². The first-order chi connectivity index (χ1) is 8.79. The van der Waals surface area contributed by atoms with Crippen LogP contribution in [0.1, 0.15) is 17.2 Å². The van der Waals surface area contributed by atoms with E-state index in [4.69, 9.17) is 15.7 Å². The molecule has 0 aliphatic heterocycles. The zero-order valence-corrected chi connectivity index (χ0v) is 11.1. The number of nitrogens with two attached hydrogens (primary N) is 1. The molecule has 0 bridgehead atoms. The number of hydrogen-bond donors (Lipinski definition) is 1. The largest absolute Gasteiger partial charge is 0.489 e. The Kier molecular flexibility index (Phi) is 5.87. The van der Waals surface area contributed by atoms with Gasteiger partial charge in [0.1, 0.15) is 18.4 Å². The number of benzene rings is 2. The molecule has 4 heteroatoms. The van der Waals surface area contributed by atoms with Crippen molar-refractivity contribution < 1.29 is 4.74 Å². The minimum Gasteiger partial charge on any atom is -0.489 e. The molecule has 0 saturated heterocycles. The molecular formula is C15H15ClN2O. The Bertz CT molecular complexity index is 534. The van der Waals surface area contributed by atoms with Crippen LogP contribution < -0.4 is 10.5 Å². The van der Waals surface area contributed by atoms with Crippen LogP contribution in [0.3, 0.4) is 0 Å². The van der Waals surface area contributed by atoms with Crippen LogP contribution in [0.2, 0.25) is 0 Å². The van der Waals surface area contributed by atoms with E-state index < -0.39 is 6.04 Å². The van der Waals surface area contributed by atoms with Gasteiger partial charge in [0.2, 0.25) is 0 Å². The minimum absolute atomic E-state index is 0. The van der Waals surface area contributed by atoms with E-state index in [2.05, 4.69) is 0 Å². The van der Waals surface area contributed by atoms with Crippen LogP contribution in [0.4, 0.5) is 0 Å². The van der Waals surface area contributed by atoms with Crippen molar-refractivity contribution in [3.63, 3.8) is 0 Å². The summed E-state index contributed by atoms with van der Waals surface area (Å²) >= 11 is 0. The highest BCUT2D eigenvalue weighted by atomic mass is 35.5. The van der Waals surface area contributed by atoms with Gasteiger partial charge in [-0.1, -0.05) is 42.5 Å². The summed E-state index contributed by atoms with van der Waals surface area (Å²) in [5.41, 5.74) is 7.52. The van der Waals surface area contributed by atoms with E-state index in [0.717, 1.165) is 16.9 Å². The minimum atomic E-state index is -0.576. The van der Waals surface area contributed by atoms with Gasteiger partial charge >= 0.3 is 0 Å². The third-order valence-corrected chi connectivity index (χ3v) is 2.63. The lowest BCUT2D eigenvalue weighted by Crippen LogP contribution is -2.06. The Labute approximate surface area is 119 Å². The Balaban J connectivity index is 0.00000180. The molecule has 0 amide bonds.